The maximum Gasteiger partial charge on any atom is 0.306 e. The molecular weight excluding hydrogens is 621 g/mol. The van der Waals surface area contributed by atoms with Crippen LogP contribution in [0.4, 0.5) is 0 Å². The molecular formula is C49H80O2. The Hall–Kier alpha value is -1.83. The Labute approximate surface area is 316 Å². The number of rotatable bonds is 21. The van der Waals surface area contributed by atoms with Crippen LogP contribution in [0.1, 0.15) is 183 Å². The molecule has 4 aliphatic carbocycles. The van der Waals surface area contributed by atoms with Crippen molar-refractivity contribution in [2.24, 2.45) is 52.3 Å². The number of hydrogen-bond acceptors (Lipinski definition) is 2. The van der Waals surface area contributed by atoms with Gasteiger partial charge in [-0.1, -0.05) is 154 Å². The minimum atomic E-state index is 0.0366. The van der Waals surface area contributed by atoms with Crippen LogP contribution >= 0.6 is 0 Å². The summed E-state index contributed by atoms with van der Waals surface area (Å²) in [4.78, 5) is 12.8. The molecule has 0 aliphatic heterocycles. The molecule has 0 aromatic heterocycles. The second-order valence-corrected chi connectivity index (χ2v) is 18.4. The van der Waals surface area contributed by atoms with Gasteiger partial charge >= 0.3 is 5.97 Å². The largest absolute Gasteiger partial charge is 0.462 e. The second-order valence-electron chi connectivity index (χ2n) is 18.4. The summed E-state index contributed by atoms with van der Waals surface area (Å²) in [6.45, 7) is 17.1. The molecule has 0 saturated heterocycles. The topological polar surface area (TPSA) is 26.3 Å². The zero-order valence-corrected chi connectivity index (χ0v) is 34.5. The fourth-order valence-corrected chi connectivity index (χ4v) is 11.0. The van der Waals surface area contributed by atoms with E-state index in [9.17, 15) is 4.79 Å². The van der Waals surface area contributed by atoms with E-state index in [4.69, 9.17) is 4.74 Å². The Bertz CT molecular complexity index is 1180. The fraction of sp³-hybridized carbons (Fsp3) is 0.776. The normalized spacial score (nSPS) is 32.1. The number of ether oxygens (including phenoxy) is 1. The molecule has 0 heterocycles. The molecule has 3 saturated carbocycles. The highest BCUT2D eigenvalue weighted by Crippen LogP contribution is 2.67. The van der Waals surface area contributed by atoms with Crippen molar-refractivity contribution in [3.05, 3.63) is 60.3 Å². The van der Waals surface area contributed by atoms with Gasteiger partial charge in [-0.15, -0.1) is 0 Å². The Kier molecular flexibility index (Phi) is 17.4. The van der Waals surface area contributed by atoms with Gasteiger partial charge in [0.05, 0.1) is 0 Å². The lowest BCUT2D eigenvalue weighted by atomic mass is 9.47. The highest BCUT2D eigenvalue weighted by molar-refractivity contribution is 5.69. The summed E-state index contributed by atoms with van der Waals surface area (Å²) in [6.07, 6.45) is 46.6. The maximum atomic E-state index is 12.8. The van der Waals surface area contributed by atoms with Crippen LogP contribution in [0.15, 0.2) is 60.3 Å². The van der Waals surface area contributed by atoms with Gasteiger partial charge in [-0.25, -0.2) is 0 Å². The van der Waals surface area contributed by atoms with Crippen molar-refractivity contribution in [3.8, 4) is 0 Å². The van der Waals surface area contributed by atoms with Crippen molar-refractivity contribution >= 4 is 5.97 Å². The summed E-state index contributed by atoms with van der Waals surface area (Å²) >= 11 is 0. The SMILES string of the molecule is CCCCCCC/C=C/C=C/C=C/CCCCCCCC(=O)OC1CCC2(C)C(=CCC3C2CCC2(C)C(C(C)/C=C/C(C)C(C)C)CCC32)C1. The minimum absolute atomic E-state index is 0.0366. The van der Waals surface area contributed by atoms with Crippen LogP contribution in [-0.2, 0) is 9.53 Å². The lowest BCUT2D eigenvalue weighted by molar-refractivity contribution is -0.151. The van der Waals surface area contributed by atoms with E-state index in [1.54, 1.807) is 5.57 Å². The van der Waals surface area contributed by atoms with Crippen LogP contribution in [0.3, 0.4) is 0 Å². The van der Waals surface area contributed by atoms with E-state index in [-0.39, 0.29) is 12.1 Å². The Morgan fingerprint density at radius 2 is 1.45 bits per heavy atom. The monoisotopic (exact) mass is 701 g/mol. The first kappa shape index (κ1) is 41.9. The standard InChI is InChI=1S/C49H80O2/c1-8-9-10-11-12-13-14-15-16-17-18-19-20-21-22-23-24-25-26-47(50)51-42-33-35-48(6)41(37-42)29-30-43-45-32-31-44(49(45,7)36-34-46(43)48)40(5)28-27-39(4)38(2)3/h14-19,27-29,38-40,42-46H,8-13,20-26,30-37H2,1-7H3/b15-14+,17-16+,19-18+,28-27+. The first-order chi connectivity index (χ1) is 24.6. The quantitative estimate of drug-likeness (QED) is 0.0516. The number of carbonyl (C=O) groups excluding carboxylic acids is 1. The van der Waals surface area contributed by atoms with E-state index >= 15 is 0 Å². The molecule has 0 spiro atoms. The summed E-state index contributed by atoms with van der Waals surface area (Å²) in [5.74, 6) is 5.42. The molecule has 0 aromatic carbocycles. The highest BCUT2D eigenvalue weighted by atomic mass is 16.5. The van der Waals surface area contributed by atoms with E-state index in [0.29, 0.717) is 35.0 Å². The van der Waals surface area contributed by atoms with E-state index < -0.39 is 0 Å². The number of hydrogen-bond donors (Lipinski definition) is 0. The third-order valence-electron chi connectivity index (χ3n) is 14.7. The highest BCUT2D eigenvalue weighted by Gasteiger charge is 2.59. The number of fused-ring (bicyclic) bond motifs is 5. The smallest absolute Gasteiger partial charge is 0.306 e. The Morgan fingerprint density at radius 3 is 2.14 bits per heavy atom. The van der Waals surface area contributed by atoms with Crippen LogP contribution in [0.2, 0.25) is 0 Å². The first-order valence-electron chi connectivity index (χ1n) is 22.2. The molecule has 288 valence electrons. The van der Waals surface area contributed by atoms with Gasteiger partial charge in [-0.3, -0.25) is 4.79 Å². The van der Waals surface area contributed by atoms with Gasteiger partial charge < -0.3 is 4.74 Å². The molecule has 0 aromatic rings. The van der Waals surface area contributed by atoms with Gasteiger partial charge in [-0.05, 0) is 129 Å². The van der Waals surface area contributed by atoms with E-state index in [2.05, 4.69) is 103 Å². The average Bonchev–Trinajstić information content (AvgIpc) is 3.47. The summed E-state index contributed by atoms with van der Waals surface area (Å²) in [5.41, 5.74) is 2.41. The van der Waals surface area contributed by atoms with E-state index in [0.717, 1.165) is 55.8 Å². The third-order valence-corrected chi connectivity index (χ3v) is 14.7. The second kappa shape index (κ2) is 21.2. The number of esters is 1. The van der Waals surface area contributed by atoms with Crippen LogP contribution < -0.4 is 0 Å². The molecule has 9 atom stereocenters. The van der Waals surface area contributed by atoms with Crippen molar-refractivity contribution in [1.29, 1.82) is 0 Å². The van der Waals surface area contributed by atoms with Crippen molar-refractivity contribution in [2.75, 3.05) is 0 Å². The lowest BCUT2D eigenvalue weighted by Gasteiger charge is -2.58. The minimum Gasteiger partial charge on any atom is -0.462 e. The van der Waals surface area contributed by atoms with Crippen molar-refractivity contribution < 1.29 is 9.53 Å². The zero-order chi connectivity index (χ0) is 36.7. The predicted octanol–water partition coefficient (Wildman–Crippen LogP) is 14.7. The average molecular weight is 701 g/mol. The van der Waals surface area contributed by atoms with Gasteiger partial charge in [0.1, 0.15) is 6.10 Å². The van der Waals surface area contributed by atoms with Crippen molar-refractivity contribution in [1.82, 2.24) is 0 Å². The molecule has 51 heavy (non-hydrogen) atoms. The Balaban J connectivity index is 1.11. The Morgan fingerprint density at radius 1 is 0.784 bits per heavy atom. The summed E-state index contributed by atoms with van der Waals surface area (Å²) in [6, 6.07) is 0. The molecule has 9 unspecified atom stereocenters. The van der Waals surface area contributed by atoms with Crippen molar-refractivity contribution in [2.45, 2.75) is 189 Å². The van der Waals surface area contributed by atoms with E-state index in [1.165, 1.54) is 96.3 Å². The molecule has 0 N–H and O–H groups in total. The number of unbranched alkanes of at least 4 members (excludes halogenated alkanes) is 10. The van der Waals surface area contributed by atoms with Crippen LogP contribution in [0, 0.1) is 52.3 Å². The van der Waals surface area contributed by atoms with Crippen LogP contribution in [0.25, 0.3) is 0 Å². The number of carbonyl (C=O) groups is 1. The molecule has 0 bridgehead atoms. The van der Waals surface area contributed by atoms with E-state index in [1.807, 2.05) is 0 Å². The summed E-state index contributed by atoms with van der Waals surface area (Å²) in [5, 5.41) is 0. The molecule has 2 heteroatoms. The first-order valence-corrected chi connectivity index (χ1v) is 22.2. The maximum absolute atomic E-state index is 12.8. The summed E-state index contributed by atoms with van der Waals surface area (Å²) < 4.78 is 6.13. The molecule has 4 rings (SSSR count). The van der Waals surface area contributed by atoms with Gasteiger partial charge in [0, 0.05) is 12.8 Å². The molecule has 0 radical (unpaired) electrons. The fourth-order valence-electron chi connectivity index (χ4n) is 11.0. The van der Waals surface area contributed by atoms with Crippen LogP contribution in [0.5, 0.6) is 0 Å². The molecule has 4 aliphatic rings. The van der Waals surface area contributed by atoms with Gasteiger partial charge in [0.25, 0.3) is 0 Å². The molecule has 2 nitrogen and oxygen atoms in total. The van der Waals surface area contributed by atoms with Gasteiger partial charge in [-0.2, -0.15) is 0 Å². The number of allylic oxidation sites excluding steroid dienone is 9. The zero-order valence-electron chi connectivity index (χ0n) is 34.5. The molecule has 0 amide bonds. The molecule has 3 fully saturated rings. The lowest BCUT2D eigenvalue weighted by Crippen LogP contribution is -2.51. The predicted molar refractivity (Wildman–Crippen MR) is 220 cm³/mol. The third kappa shape index (κ3) is 11.8. The summed E-state index contributed by atoms with van der Waals surface area (Å²) in [7, 11) is 0. The van der Waals surface area contributed by atoms with Gasteiger partial charge in [0.15, 0.2) is 0 Å². The van der Waals surface area contributed by atoms with Crippen LogP contribution in [-0.4, -0.2) is 12.1 Å². The van der Waals surface area contributed by atoms with Crippen molar-refractivity contribution in [3.63, 3.8) is 0 Å². The van der Waals surface area contributed by atoms with Gasteiger partial charge in [0.2, 0.25) is 0 Å².